The van der Waals surface area contributed by atoms with E-state index in [2.05, 4.69) is 76.3 Å². The maximum Gasteiger partial charge on any atom is 0.472 e. The van der Waals surface area contributed by atoms with Crippen LogP contribution >= 0.6 is 15.6 Å². The number of rotatable bonds is 75. The standard InChI is InChI=1S/C79H144O17P2/c1-5-9-13-17-21-25-29-33-35-36-38-42-46-50-54-58-62-66-79(84)96-75(69-89-76(81)63-59-55-51-47-43-39-31-27-23-19-15-11-7-3)72-94-98(87,88)92-68-73(80)67-91-97(85,86)93-71-74(95-78(83)65-61-57-53-49-45-40-32-28-24-20-16-12-8-4)70-90-77(82)64-60-56-52-48-44-41-37-34-30-26-22-18-14-10-6-2/h21,25,33-35,37-38,42,50,54,73-75,80H,5-20,22-24,26-32,36,39-41,43-49,51-53,55-72H2,1-4H3,(H,85,86)(H,87,88)/b25-21-,35-33-,37-34-,42-38-,54-50-/t73-,74+,75+/m0/s1. The minimum Gasteiger partial charge on any atom is -0.462 e. The first kappa shape index (κ1) is 94.8. The number of unbranched alkanes of at least 4 members (excludes halogenated alkanes) is 39. The molecule has 0 fully saturated rings. The summed E-state index contributed by atoms with van der Waals surface area (Å²) < 4.78 is 68.5. The number of phosphoric acid groups is 2. The Balaban J connectivity index is 5.36. The van der Waals surface area contributed by atoms with E-state index in [9.17, 15) is 43.2 Å². The third kappa shape index (κ3) is 71.2. The molecular formula is C79H144O17P2. The lowest BCUT2D eigenvalue weighted by Gasteiger charge is -2.21. The number of aliphatic hydroxyl groups is 1. The van der Waals surface area contributed by atoms with E-state index in [1.54, 1.807) is 0 Å². The molecule has 0 rings (SSSR count). The summed E-state index contributed by atoms with van der Waals surface area (Å²) in [6, 6.07) is 0. The number of hydrogen-bond acceptors (Lipinski definition) is 15. The van der Waals surface area contributed by atoms with E-state index in [-0.39, 0.29) is 25.7 Å². The second-order valence-electron chi connectivity index (χ2n) is 26.7. The van der Waals surface area contributed by atoms with Gasteiger partial charge in [0, 0.05) is 25.7 Å². The van der Waals surface area contributed by atoms with Crippen molar-refractivity contribution in [2.24, 2.45) is 0 Å². The molecule has 98 heavy (non-hydrogen) atoms. The molecule has 0 aromatic heterocycles. The van der Waals surface area contributed by atoms with Crippen LogP contribution < -0.4 is 0 Å². The Labute approximate surface area is 597 Å². The first-order valence-corrected chi connectivity index (χ1v) is 42.5. The number of hydrogen-bond donors (Lipinski definition) is 3. The molecule has 0 radical (unpaired) electrons. The van der Waals surface area contributed by atoms with Crippen molar-refractivity contribution in [3.8, 4) is 0 Å². The van der Waals surface area contributed by atoms with Crippen molar-refractivity contribution in [2.45, 2.75) is 380 Å². The molecule has 19 heteroatoms. The Kier molecular flexibility index (Phi) is 69.7. The van der Waals surface area contributed by atoms with Crippen molar-refractivity contribution in [1.82, 2.24) is 0 Å². The van der Waals surface area contributed by atoms with Crippen LogP contribution in [0, 0.1) is 0 Å². The molecule has 0 saturated heterocycles. The van der Waals surface area contributed by atoms with Crippen molar-refractivity contribution in [3.63, 3.8) is 0 Å². The van der Waals surface area contributed by atoms with Gasteiger partial charge in [0.15, 0.2) is 12.2 Å². The van der Waals surface area contributed by atoms with Crippen molar-refractivity contribution in [3.05, 3.63) is 60.8 Å². The van der Waals surface area contributed by atoms with Crippen molar-refractivity contribution in [1.29, 1.82) is 0 Å². The van der Waals surface area contributed by atoms with E-state index in [0.717, 1.165) is 109 Å². The summed E-state index contributed by atoms with van der Waals surface area (Å²) in [7, 11) is -9.95. The van der Waals surface area contributed by atoms with Crippen LogP contribution in [0.15, 0.2) is 60.8 Å². The van der Waals surface area contributed by atoms with Gasteiger partial charge in [0.2, 0.25) is 0 Å². The van der Waals surface area contributed by atoms with Crippen LogP contribution in [0.3, 0.4) is 0 Å². The highest BCUT2D eigenvalue weighted by Gasteiger charge is 2.30. The Morgan fingerprint density at radius 1 is 0.286 bits per heavy atom. The Bertz CT molecular complexity index is 2100. The quantitative estimate of drug-likeness (QED) is 0.0169. The number of allylic oxidation sites excluding steroid dienone is 10. The molecule has 0 aromatic rings. The van der Waals surface area contributed by atoms with Crippen molar-refractivity contribution in [2.75, 3.05) is 39.6 Å². The highest BCUT2D eigenvalue weighted by Crippen LogP contribution is 2.45. The summed E-state index contributed by atoms with van der Waals surface area (Å²) in [6.45, 7) is 4.83. The second-order valence-corrected chi connectivity index (χ2v) is 29.6. The van der Waals surface area contributed by atoms with Gasteiger partial charge in [-0.25, -0.2) is 9.13 Å². The first-order valence-electron chi connectivity index (χ1n) is 39.5. The summed E-state index contributed by atoms with van der Waals surface area (Å²) in [5.74, 6) is -2.21. The number of aliphatic hydroxyl groups excluding tert-OH is 1. The molecule has 0 amide bonds. The fourth-order valence-corrected chi connectivity index (χ4v) is 12.5. The molecule has 0 aromatic carbocycles. The van der Waals surface area contributed by atoms with Gasteiger partial charge in [-0.2, -0.15) is 0 Å². The van der Waals surface area contributed by atoms with E-state index >= 15 is 0 Å². The van der Waals surface area contributed by atoms with E-state index in [1.807, 2.05) is 12.2 Å². The first-order chi connectivity index (χ1) is 47.7. The van der Waals surface area contributed by atoms with Gasteiger partial charge in [0.1, 0.15) is 19.3 Å². The third-order valence-corrected chi connectivity index (χ3v) is 18.9. The zero-order valence-electron chi connectivity index (χ0n) is 62.5. The normalized spacial score (nSPS) is 14.2. The topological polar surface area (TPSA) is 237 Å². The zero-order valence-corrected chi connectivity index (χ0v) is 64.3. The lowest BCUT2D eigenvalue weighted by Crippen LogP contribution is -2.30. The fraction of sp³-hybridized carbons (Fsp3) is 0.823. The summed E-state index contributed by atoms with van der Waals surface area (Å²) >= 11 is 0. The molecule has 0 aliphatic rings. The maximum atomic E-state index is 13.1. The largest absolute Gasteiger partial charge is 0.472 e. The summed E-state index contributed by atoms with van der Waals surface area (Å²) in [6.07, 6.45) is 70.6. The summed E-state index contributed by atoms with van der Waals surface area (Å²) in [5.41, 5.74) is 0. The summed E-state index contributed by atoms with van der Waals surface area (Å²) in [5, 5.41) is 10.6. The highest BCUT2D eigenvalue weighted by atomic mass is 31.2. The fourth-order valence-electron chi connectivity index (χ4n) is 10.9. The van der Waals surface area contributed by atoms with E-state index in [0.29, 0.717) is 32.1 Å². The monoisotopic (exact) mass is 1430 g/mol. The molecule has 2 unspecified atom stereocenters. The minimum absolute atomic E-state index is 0.0242. The van der Waals surface area contributed by atoms with Gasteiger partial charge in [-0.3, -0.25) is 37.3 Å². The molecule has 0 saturated carbocycles. The molecule has 0 heterocycles. The maximum absolute atomic E-state index is 13.1. The number of carbonyl (C=O) groups is 4. The average Bonchev–Trinajstić information content (AvgIpc) is 1.02. The minimum atomic E-state index is -4.98. The average molecular weight is 1430 g/mol. The predicted molar refractivity (Wildman–Crippen MR) is 400 cm³/mol. The molecule has 0 aliphatic carbocycles. The summed E-state index contributed by atoms with van der Waals surface area (Å²) in [4.78, 5) is 72.9. The Morgan fingerprint density at radius 3 is 0.837 bits per heavy atom. The second kappa shape index (κ2) is 72.1. The molecule has 0 aliphatic heterocycles. The Hall–Kier alpha value is -3.24. The van der Waals surface area contributed by atoms with Crippen molar-refractivity contribution < 1.29 is 80.2 Å². The molecule has 0 bridgehead atoms. The number of esters is 4. The number of phosphoric ester groups is 2. The van der Waals surface area contributed by atoms with Crippen molar-refractivity contribution >= 4 is 39.5 Å². The van der Waals surface area contributed by atoms with Gasteiger partial charge in [-0.15, -0.1) is 0 Å². The van der Waals surface area contributed by atoms with Gasteiger partial charge in [0.25, 0.3) is 0 Å². The van der Waals surface area contributed by atoms with E-state index in [4.69, 9.17) is 37.0 Å². The zero-order chi connectivity index (χ0) is 71.8. The number of ether oxygens (including phenoxy) is 4. The molecule has 3 N–H and O–H groups in total. The van der Waals surface area contributed by atoms with Crippen LogP contribution in [0.25, 0.3) is 0 Å². The lowest BCUT2D eigenvalue weighted by molar-refractivity contribution is -0.161. The predicted octanol–water partition coefficient (Wildman–Crippen LogP) is 22.7. The lowest BCUT2D eigenvalue weighted by atomic mass is 10.0. The van der Waals surface area contributed by atoms with Crippen LogP contribution in [-0.4, -0.2) is 96.7 Å². The molecule has 17 nitrogen and oxygen atoms in total. The molecular weight excluding hydrogens is 1280 g/mol. The van der Waals surface area contributed by atoms with Gasteiger partial charge < -0.3 is 33.8 Å². The SMILES string of the molecule is CCCCC/C=C\C/C=C\C/C=C\C/C=C\CCCC(=O)O[C@H](COC(=O)CCCCCCCCCCCCCCC)COP(=O)(O)OC[C@@H](O)COP(=O)(O)OC[C@@H](COC(=O)CCCCCCC/C=C\CCCCCCCC)OC(=O)CCCCCCCCCCCCCCC. The van der Waals surface area contributed by atoms with Crippen LogP contribution in [0.4, 0.5) is 0 Å². The number of carbonyl (C=O) groups excluding carboxylic acids is 4. The Morgan fingerprint density at radius 2 is 0.510 bits per heavy atom. The smallest absolute Gasteiger partial charge is 0.462 e. The van der Waals surface area contributed by atoms with E-state index < -0.39 is 97.5 Å². The molecule has 572 valence electrons. The van der Waals surface area contributed by atoms with E-state index in [1.165, 1.54) is 167 Å². The third-order valence-electron chi connectivity index (χ3n) is 17.0. The van der Waals surface area contributed by atoms with Crippen LogP contribution in [-0.2, 0) is 65.4 Å². The van der Waals surface area contributed by atoms with Gasteiger partial charge in [0.05, 0.1) is 26.4 Å². The highest BCUT2D eigenvalue weighted by molar-refractivity contribution is 7.47. The van der Waals surface area contributed by atoms with Crippen LogP contribution in [0.5, 0.6) is 0 Å². The van der Waals surface area contributed by atoms with Crippen LogP contribution in [0.2, 0.25) is 0 Å². The molecule has 0 spiro atoms. The van der Waals surface area contributed by atoms with Gasteiger partial charge >= 0.3 is 39.5 Å². The van der Waals surface area contributed by atoms with Gasteiger partial charge in [-0.05, 0) is 89.9 Å². The van der Waals surface area contributed by atoms with Gasteiger partial charge in [-0.1, -0.05) is 307 Å². The van der Waals surface area contributed by atoms with Crippen LogP contribution in [0.1, 0.15) is 362 Å². The molecule has 5 atom stereocenters.